The van der Waals surface area contributed by atoms with Crippen molar-refractivity contribution in [3.63, 3.8) is 0 Å². The predicted octanol–water partition coefficient (Wildman–Crippen LogP) is -0.471. The van der Waals surface area contributed by atoms with E-state index in [1.165, 1.54) is 17.9 Å². The first kappa shape index (κ1) is 16.5. The molecular formula is C17H26N3O2+. The summed E-state index contributed by atoms with van der Waals surface area (Å²) in [7, 11) is 0. The van der Waals surface area contributed by atoms with Crippen molar-refractivity contribution in [2.45, 2.75) is 32.2 Å². The maximum atomic E-state index is 11.8. The highest BCUT2D eigenvalue weighted by molar-refractivity contribution is 6.35. The molecule has 1 aromatic rings. The molecule has 5 heteroatoms. The van der Waals surface area contributed by atoms with E-state index in [0.717, 1.165) is 24.9 Å². The third-order valence-electron chi connectivity index (χ3n) is 4.34. The largest absolute Gasteiger partial charge is 0.348 e. The SMILES string of the molecule is CC[NH+]1CCC[C@H]1CNC(=O)C(=O)NCCc1ccccc1. The number of quaternary nitrogens is 1. The Morgan fingerprint density at radius 3 is 2.64 bits per heavy atom. The second-order valence-electron chi connectivity index (χ2n) is 5.80. The molecule has 5 nitrogen and oxygen atoms in total. The van der Waals surface area contributed by atoms with E-state index in [1.807, 2.05) is 30.3 Å². The Labute approximate surface area is 132 Å². The van der Waals surface area contributed by atoms with E-state index < -0.39 is 11.8 Å². The van der Waals surface area contributed by atoms with Crippen LogP contribution in [0, 0.1) is 0 Å². The molecule has 120 valence electrons. The Bertz CT molecular complexity index is 490. The maximum absolute atomic E-state index is 11.8. The van der Waals surface area contributed by atoms with Crippen molar-refractivity contribution >= 4 is 11.8 Å². The third-order valence-corrected chi connectivity index (χ3v) is 4.34. The average Bonchev–Trinajstić information content (AvgIpc) is 3.01. The van der Waals surface area contributed by atoms with Crippen LogP contribution in [0.3, 0.4) is 0 Å². The fourth-order valence-corrected chi connectivity index (χ4v) is 3.04. The number of amides is 2. The van der Waals surface area contributed by atoms with Crippen LogP contribution >= 0.6 is 0 Å². The first-order valence-electron chi connectivity index (χ1n) is 8.15. The zero-order valence-corrected chi connectivity index (χ0v) is 13.2. The molecule has 0 aliphatic carbocycles. The van der Waals surface area contributed by atoms with Crippen molar-refractivity contribution < 1.29 is 14.5 Å². The van der Waals surface area contributed by atoms with E-state index in [9.17, 15) is 9.59 Å². The second kappa shape index (κ2) is 8.54. The number of carbonyl (C=O) groups excluding carboxylic acids is 2. The van der Waals surface area contributed by atoms with Gasteiger partial charge in [0.15, 0.2) is 0 Å². The first-order valence-corrected chi connectivity index (χ1v) is 8.15. The van der Waals surface area contributed by atoms with E-state index in [4.69, 9.17) is 0 Å². The summed E-state index contributed by atoms with van der Waals surface area (Å²) in [6, 6.07) is 10.4. The van der Waals surface area contributed by atoms with Gasteiger partial charge in [-0.25, -0.2) is 0 Å². The van der Waals surface area contributed by atoms with Crippen LogP contribution < -0.4 is 15.5 Å². The Morgan fingerprint density at radius 1 is 1.18 bits per heavy atom. The minimum Gasteiger partial charge on any atom is -0.348 e. The van der Waals surface area contributed by atoms with Crippen LogP contribution in [-0.2, 0) is 16.0 Å². The summed E-state index contributed by atoms with van der Waals surface area (Å²) in [5.41, 5.74) is 1.15. The molecule has 1 saturated heterocycles. The summed E-state index contributed by atoms with van der Waals surface area (Å²) < 4.78 is 0. The van der Waals surface area contributed by atoms with E-state index in [0.29, 0.717) is 19.1 Å². The van der Waals surface area contributed by atoms with Gasteiger partial charge in [0.05, 0.1) is 19.6 Å². The maximum Gasteiger partial charge on any atom is 0.309 e. The molecule has 1 aliphatic rings. The van der Waals surface area contributed by atoms with Crippen LogP contribution in [0.5, 0.6) is 0 Å². The molecule has 0 radical (unpaired) electrons. The van der Waals surface area contributed by atoms with Crippen molar-refractivity contribution in [1.29, 1.82) is 0 Å². The summed E-state index contributed by atoms with van der Waals surface area (Å²) in [5, 5.41) is 5.44. The van der Waals surface area contributed by atoms with E-state index in [2.05, 4.69) is 17.6 Å². The summed E-state index contributed by atoms with van der Waals surface area (Å²) in [5.74, 6) is -1.05. The Morgan fingerprint density at radius 2 is 1.91 bits per heavy atom. The molecule has 22 heavy (non-hydrogen) atoms. The van der Waals surface area contributed by atoms with Gasteiger partial charge in [0.1, 0.15) is 6.04 Å². The summed E-state index contributed by atoms with van der Waals surface area (Å²) in [4.78, 5) is 25.1. The van der Waals surface area contributed by atoms with Crippen LogP contribution in [-0.4, -0.2) is 44.0 Å². The van der Waals surface area contributed by atoms with Crippen LogP contribution in [0.1, 0.15) is 25.3 Å². The highest BCUT2D eigenvalue weighted by Crippen LogP contribution is 1.99. The normalized spacial score (nSPS) is 20.6. The molecule has 2 atom stereocenters. The van der Waals surface area contributed by atoms with E-state index in [-0.39, 0.29) is 0 Å². The quantitative estimate of drug-likeness (QED) is 0.622. The van der Waals surface area contributed by atoms with Gasteiger partial charge in [-0.15, -0.1) is 0 Å². The fourth-order valence-electron chi connectivity index (χ4n) is 3.04. The monoisotopic (exact) mass is 304 g/mol. The molecule has 1 aliphatic heterocycles. The van der Waals surface area contributed by atoms with Crippen LogP contribution in [0.15, 0.2) is 30.3 Å². The topological polar surface area (TPSA) is 62.6 Å². The lowest BCUT2D eigenvalue weighted by molar-refractivity contribution is -0.909. The third kappa shape index (κ3) is 4.84. The first-order chi connectivity index (χ1) is 10.7. The highest BCUT2D eigenvalue weighted by atomic mass is 16.2. The van der Waals surface area contributed by atoms with Crippen molar-refractivity contribution in [1.82, 2.24) is 10.6 Å². The molecule has 3 N–H and O–H groups in total. The van der Waals surface area contributed by atoms with Crippen LogP contribution in [0.4, 0.5) is 0 Å². The lowest BCUT2D eigenvalue weighted by Crippen LogP contribution is -3.14. The molecule has 0 spiro atoms. The van der Waals surface area contributed by atoms with Crippen molar-refractivity contribution in [2.75, 3.05) is 26.2 Å². The molecule has 1 aromatic carbocycles. The number of benzene rings is 1. The van der Waals surface area contributed by atoms with Crippen LogP contribution in [0.25, 0.3) is 0 Å². The predicted molar refractivity (Wildman–Crippen MR) is 85.6 cm³/mol. The zero-order valence-electron chi connectivity index (χ0n) is 13.2. The van der Waals surface area contributed by atoms with Gasteiger partial charge < -0.3 is 15.5 Å². The smallest absolute Gasteiger partial charge is 0.309 e. The molecule has 0 saturated carbocycles. The van der Waals surface area contributed by atoms with E-state index in [1.54, 1.807) is 0 Å². The Hall–Kier alpha value is -1.88. The number of likely N-dealkylation sites (tertiary alicyclic amines) is 1. The highest BCUT2D eigenvalue weighted by Gasteiger charge is 2.27. The molecular weight excluding hydrogens is 278 g/mol. The van der Waals surface area contributed by atoms with Gasteiger partial charge in [-0.1, -0.05) is 30.3 Å². The molecule has 1 fully saturated rings. The molecule has 2 amide bonds. The standard InChI is InChI=1S/C17H25N3O2/c1-2-20-12-6-9-15(20)13-19-17(22)16(21)18-11-10-14-7-4-3-5-8-14/h3-5,7-8,15H,2,6,9-13H2,1H3,(H,18,21)(H,19,22)/p+1/t15-/m0/s1. The number of likely N-dealkylation sites (N-methyl/N-ethyl adjacent to an activating group) is 1. The molecule has 1 unspecified atom stereocenters. The summed E-state index contributed by atoms with van der Waals surface area (Å²) in [6.45, 7) is 5.47. The minimum atomic E-state index is -0.535. The van der Waals surface area contributed by atoms with Crippen molar-refractivity contribution in [2.24, 2.45) is 0 Å². The van der Waals surface area contributed by atoms with Crippen molar-refractivity contribution in [3.8, 4) is 0 Å². The van der Waals surface area contributed by atoms with Crippen LogP contribution in [0.2, 0.25) is 0 Å². The number of rotatable bonds is 6. The summed E-state index contributed by atoms with van der Waals surface area (Å²) >= 11 is 0. The minimum absolute atomic E-state index is 0.450. The van der Waals surface area contributed by atoms with Gasteiger partial charge in [-0.3, -0.25) is 9.59 Å². The van der Waals surface area contributed by atoms with Crippen molar-refractivity contribution in [3.05, 3.63) is 35.9 Å². The summed E-state index contributed by atoms with van der Waals surface area (Å²) in [6.07, 6.45) is 3.06. The lowest BCUT2D eigenvalue weighted by atomic mass is 10.1. The molecule has 0 bridgehead atoms. The second-order valence-corrected chi connectivity index (χ2v) is 5.80. The zero-order chi connectivity index (χ0) is 15.8. The van der Waals surface area contributed by atoms with E-state index >= 15 is 0 Å². The van der Waals surface area contributed by atoms with Gasteiger partial charge >= 0.3 is 11.8 Å². The molecule has 1 heterocycles. The Kier molecular flexibility index (Phi) is 6.40. The molecule has 2 rings (SSSR count). The lowest BCUT2D eigenvalue weighted by Gasteiger charge is -2.19. The van der Waals surface area contributed by atoms with Gasteiger partial charge in [0, 0.05) is 19.4 Å². The fraction of sp³-hybridized carbons (Fsp3) is 0.529. The number of nitrogens with one attached hydrogen (secondary N) is 3. The van der Waals surface area contributed by atoms with Gasteiger partial charge in [0.2, 0.25) is 0 Å². The number of hydrogen-bond donors (Lipinski definition) is 3. The van der Waals surface area contributed by atoms with Gasteiger partial charge in [-0.2, -0.15) is 0 Å². The number of carbonyl (C=O) groups is 2. The average molecular weight is 304 g/mol. The molecule has 0 aromatic heterocycles. The van der Waals surface area contributed by atoms with Gasteiger partial charge in [-0.05, 0) is 18.9 Å². The van der Waals surface area contributed by atoms with Gasteiger partial charge in [0.25, 0.3) is 0 Å². The number of hydrogen-bond acceptors (Lipinski definition) is 2. The Balaban J connectivity index is 1.65.